The first-order valence-electron chi connectivity index (χ1n) is 3.89. The number of carboxylic acid groups (broad SMARTS) is 1. The maximum absolute atomic E-state index is 10.5. The van der Waals surface area contributed by atoms with E-state index in [-0.39, 0.29) is 0 Å². The van der Waals surface area contributed by atoms with Crippen LogP contribution in [-0.4, -0.2) is 21.2 Å². The summed E-state index contributed by atoms with van der Waals surface area (Å²) in [5, 5.41) is 10.1. The molecule has 0 aliphatic heterocycles. The Morgan fingerprint density at radius 3 is 3.14 bits per heavy atom. The van der Waals surface area contributed by atoms with Crippen molar-refractivity contribution in [3.8, 4) is 0 Å². The molecule has 0 aromatic carbocycles. The molecule has 0 aliphatic carbocycles. The van der Waals surface area contributed by atoms with Gasteiger partial charge in [-0.3, -0.25) is 0 Å². The summed E-state index contributed by atoms with van der Waals surface area (Å²) in [6.07, 6.45) is 1.90. The number of nitrogens with one attached hydrogen (secondary N) is 1. The van der Waals surface area contributed by atoms with Crippen LogP contribution in [0, 0.1) is 0 Å². The third-order valence-electron chi connectivity index (χ3n) is 1.87. The highest BCUT2D eigenvalue weighted by Gasteiger charge is 2.10. The standard InChI is InChI=1S/C8H8N4O2/c9-12(8(13)14)6-3-5-1-2-10-7(5)11-4-6/h1-4H,9H2,(H,10,11)(H,13,14). The van der Waals surface area contributed by atoms with Gasteiger partial charge >= 0.3 is 6.09 Å². The van der Waals surface area contributed by atoms with E-state index in [0.29, 0.717) is 16.3 Å². The van der Waals surface area contributed by atoms with Gasteiger partial charge in [0.1, 0.15) is 5.65 Å². The number of rotatable bonds is 1. The smallest absolute Gasteiger partial charge is 0.426 e. The van der Waals surface area contributed by atoms with Crippen LogP contribution < -0.4 is 10.9 Å². The molecule has 6 heteroatoms. The number of hydrogen-bond acceptors (Lipinski definition) is 3. The molecule has 6 nitrogen and oxygen atoms in total. The van der Waals surface area contributed by atoms with Crippen LogP contribution in [0.15, 0.2) is 24.5 Å². The third kappa shape index (κ3) is 1.27. The monoisotopic (exact) mass is 192 g/mol. The van der Waals surface area contributed by atoms with Gasteiger partial charge in [-0.15, -0.1) is 0 Å². The molecule has 0 unspecified atom stereocenters. The number of carbonyl (C=O) groups is 1. The second kappa shape index (κ2) is 3.00. The summed E-state index contributed by atoms with van der Waals surface area (Å²) in [4.78, 5) is 17.4. The van der Waals surface area contributed by atoms with Gasteiger partial charge in [0.15, 0.2) is 0 Å². The van der Waals surface area contributed by atoms with Crippen LogP contribution in [0.25, 0.3) is 11.0 Å². The molecule has 0 atom stereocenters. The van der Waals surface area contributed by atoms with E-state index in [4.69, 9.17) is 10.9 Å². The molecule has 0 radical (unpaired) electrons. The van der Waals surface area contributed by atoms with Crippen molar-refractivity contribution in [1.29, 1.82) is 0 Å². The van der Waals surface area contributed by atoms with Crippen molar-refractivity contribution < 1.29 is 9.90 Å². The average molecular weight is 192 g/mol. The van der Waals surface area contributed by atoms with Crippen molar-refractivity contribution >= 4 is 22.8 Å². The predicted octanol–water partition coefficient (Wildman–Crippen LogP) is 0.921. The number of nitrogens with zero attached hydrogens (tertiary/aromatic N) is 2. The molecule has 2 aromatic rings. The fraction of sp³-hybridized carbons (Fsp3) is 0. The van der Waals surface area contributed by atoms with Gasteiger partial charge < -0.3 is 10.1 Å². The quantitative estimate of drug-likeness (QED) is 0.355. The van der Waals surface area contributed by atoms with Crippen molar-refractivity contribution in [2.45, 2.75) is 0 Å². The summed E-state index contributed by atoms with van der Waals surface area (Å²) in [5.74, 6) is 5.28. The fourth-order valence-electron chi connectivity index (χ4n) is 1.17. The van der Waals surface area contributed by atoms with Crippen molar-refractivity contribution in [2.75, 3.05) is 5.01 Å². The largest absolute Gasteiger partial charge is 0.464 e. The molecule has 0 bridgehead atoms. The molecular weight excluding hydrogens is 184 g/mol. The van der Waals surface area contributed by atoms with E-state index in [9.17, 15) is 4.79 Å². The summed E-state index contributed by atoms with van der Waals surface area (Å²) in [6.45, 7) is 0. The van der Waals surface area contributed by atoms with Crippen LogP contribution in [0.3, 0.4) is 0 Å². The van der Waals surface area contributed by atoms with Gasteiger partial charge in [-0.2, -0.15) is 0 Å². The summed E-state index contributed by atoms with van der Waals surface area (Å²) >= 11 is 0. The first-order chi connectivity index (χ1) is 6.68. The topological polar surface area (TPSA) is 95.2 Å². The highest BCUT2D eigenvalue weighted by molar-refractivity contribution is 5.88. The van der Waals surface area contributed by atoms with Gasteiger partial charge in [-0.1, -0.05) is 0 Å². The Hall–Kier alpha value is -2.08. The molecule has 0 aliphatic rings. The lowest BCUT2D eigenvalue weighted by Gasteiger charge is -2.11. The van der Waals surface area contributed by atoms with Crippen molar-refractivity contribution in [2.24, 2.45) is 5.84 Å². The zero-order valence-electron chi connectivity index (χ0n) is 7.14. The van der Waals surface area contributed by atoms with Gasteiger partial charge in [0.25, 0.3) is 0 Å². The minimum Gasteiger partial charge on any atom is -0.464 e. The molecule has 0 fully saturated rings. The minimum absolute atomic E-state index is 0.338. The molecule has 4 N–H and O–H groups in total. The lowest BCUT2D eigenvalue weighted by Crippen LogP contribution is -2.36. The molecule has 0 spiro atoms. The van der Waals surface area contributed by atoms with Crippen LogP contribution in [0.2, 0.25) is 0 Å². The molecule has 14 heavy (non-hydrogen) atoms. The van der Waals surface area contributed by atoms with E-state index in [1.165, 1.54) is 6.20 Å². The number of aromatic amines is 1. The van der Waals surface area contributed by atoms with Gasteiger partial charge in [0.05, 0.1) is 11.9 Å². The number of pyridine rings is 1. The second-order valence-electron chi connectivity index (χ2n) is 2.76. The molecule has 0 saturated heterocycles. The van der Waals surface area contributed by atoms with Crippen molar-refractivity contribution in [3.63, 3.8) is 0 Å². The number of amides is 1. The Morgan fingerprint density at radius 2 is 2.43 bits per heavy atom. The lowest BCUT2D eigenvalue weighted by atomic mass is 10.3. The lowest BCUT2D eigenvalue weighted by molar-refractivity contribution is 0.202. The van der Waals surface area contributed by atoms with E-state index >= 15 is 0 Å². The van der Waals surface area contributed by atoms with E-state index in [1.54, 1.807) is 18.3 Å². The molecular formula is C8H8N4O2. The SMILES string of the molecule is NN(C(=O)O)c1cnc2[nH]ccc2c1. The van der Waals surface area contributed by atoms with Gasteiger partial charge in [0, 0.05) is 11.6 Å². The zero-order chi connectivity index (χ0) is 10.1. The van der Waals surface area contributed by atoms with Crippen LogP contribution in [0.4, 0.5) is 10.5 Å². The van der Waals surface area contributed by atoms with Gasteiger partial charge in [-0.05, 0) is 12.1 Å². The van der Waals surface area contributed by atoms with Crippen LogP contribution in [0.5, 0.6) is 0 Å². The minimum atomic E-state index is -1.22. The van der Waals surface area contributed by atoms with E-state index in [1.807, 2.05) is 0 Å². The number of hydrazine groups is 1. The molecule has 2 rings (SSSR count). The van der Waals surface area contributed by atoms with E-state index in [0.717, 1.165) is 5.39 Å². The first-order valence-corrected chi connectivity index (χ1v) is 3.89. The molecule has 72 valence electrons. The Bertz CT molecular complexity index is 479. The molecule has 1 amide bonds. The number of hydrogen-bond donors (Lipinski definition) is 3. The molecule has 0 saturated carbocycles. The second-order valence-corrected chi connectivity index (χ2v) is 2.76. The summed E-state index contributed by atoms with van der Waals surface area (Å²) in [6, 6.07) is 3.44. The first kappa shape index (κ1) is 8.52. The number of nitrogens with two attached hydrogens (primary N) is 1. The van der Waals surface area contributed by atoms with Crippen molar-refractivity contribution in [1.82, 2.24) is 9.97 Å². The Morgan fingerprint density at radius 1 is 1.64 bits per heavy atom. The highest BCUT2D eigenvalue weighted by atomic mass is 16.4. The highest BCUT2D eigenvalue weighted by Crippen LogP contribution is 2.16. The number of H-pyrrole nitrogens is 1. The maximum atomic E-state index is 10.5. The van der Waals surface area contributed by atoms with Crippen LogP contribution in [-0.2, 0) is 0 Å². The Balaban J connectivity index is 2.48. The van der Waals surface area contributed by atoms with Crippen LogP contribution >= 0.6 is 0 Å². The molecule has 2 heterocycles. The normalized spacial score (nSPS) is 10.4. The fourth-order valence-corrected chi connectivity index (χ4v) is 1.17. The van der Waals surface area contributed by atoms with Crippen molar-refractivity contribution in [3.05, 3.63) is 24.5 Å². The van der Waals surface area contributed by atoms with E-state index in [2.05, 4.69) is 9.97 Å². The van der Waals surface area contributed by atoms with Gasteiger partial charge in [0.2, 0.25) is 0 Å². The van der Waals surface area contributed by atoms with Gasteiger partial charge in [-0.25, -0.2) is 20.6 Å². The third-order valence-corrected chi connectivity index (χ3v) is 1.87. The number of aromatic nitrogens is 2. The predicted molar refractivity (Wildman–Crippen MR) is 50.8 cm³/mol. The summed E-state index contributed by atoms with van der Waals surface area (Å²) in [5.41, 5.74) is 1.04. The molecule has 2 aromatic heterocycles. The summed E-state index contributed by atoms with van der Waals surface area (Å²) < 4.78 is 0. The Kier molecular flexibility index (Phi) is 1.83. The maximum Gasteiger partial charge on any atom is 0.426 e. The van der Waals surface area contributed by atoms with E-state index < -0.39 is 6.09 Å². The number of anilines is 1. The number of fused-ring (bicyclic) bond motifs is 1. The zero-order valence-corrected chi connectivity index (χ0v) is 7.14. The average Bonchev–Trinajstić information content (AvgIpc) is 2.62. The van der Waals surface area contributed by atoms with Crippen LogP contribution in [0.1, 0.15) is 0 Å². The Labute approximate surface area is 78.9 Å². The summed E-state index contributed by atoms with van der Waals surface area (Å²) in [7, 11) is 0.